The van der Waals surface area contributed by atoms with Gasteiger partial charge in [0.05, 0.1) is 36.3 Å². The lowest BCUT2D eigenvalue weighted by molar-refractivity contribution is -0.274. The number of nitrogens with one attached hydrogen (secondary N) is 1. The number of benzene rings is 3. The lowest BCUT2D eigenvalue weighted by Crippen LogP contribution is -2.53. The topological polar surface area (TPSA) is 85.1 Å². The number of halogens is 5. The quantitative estimate of drug-likeness (QED) is 0.241. The molecule has 0 saturated carbocycles. The van der Waals surface area contributed by atoms with Crippen molar-refractivity contribution in [2.45, 2.75) is 42.8 Å². The number of aliphatic hydroxyl groups is 1. The number of fused-ring (bicyclic) bond motifs is 3. The fourth-order valence-electron chi connectivity index (χ4n) is 4.90. The van der Waals surface area contributed by atoms with Crippen LogP contribution in [0.5, 0.6) is 5.75 Å². The smallest absolute Gasteiger partial charge is 0.406 e. The standard InChI is InChI=1S/C27H26Cl2F3N3O4S/c1-2-11-33-40(37,19-7-5-18(6-8-19)39-27(30,31)32)34-22-14-38-15-25(26(22)36)35-23-9-3-16(28)12-20(23)21-13-17(29)4-10-24(21)35/h3-10,12-13,22,25-26,36H,2,11,14-15H2,1H3,(H,33,34,37)/t22-,25+,26+,40?/m0/s1. The Morgan fingerprint density at radius 3 is 2.20 bits per heavy atom. The number of nitrogens with zero attached hydrogens (tertiary/aromatic N) is 2. The second-order valence-corrected chi connectivity index (χ2v) is 12.3. The first-order valence-electron chi connectivity index (χ1n) is 12.5. The summed E-state index contributed by atoms with van der Waals surface area (Å²) in [6, 6.07) is 14.2. The Balaban J connectivity index is 1.50. The number of aliphatic hydroxyl groups excluding tert-OH is 1. The van der Waals surface area contributed by atoms with E-state index in [-0.39, 0.29) is 24.7 Å². The fourth-order valence-corrected chi connectivity index (χ4v) is 7.16. The Morgan fingerprint density at radius 1 is 1.05 bits per heavy atom. The van der Waals surface area contributed by atoms with Gasteiger partial charge in [0.25, 0.3) is 0 Å². The molecule has 4 atom stereocenters. The van der Waals surface area contributed by atoms with Crippen molar-refractivity contribution in [2.75, 3.05) is 19.8 Å². The monoisotopic (exact) mass is 615 g/mol. The first-order valence-corrected chi connectivity index (χ1v) is 14.8. The highest BCUT2D eigenvalue weighted by Gasteiger charge is 2.37. The van der Waals surface area contributed by atoms with Gasteiger partial charge in [-0.3, -0.25) is 0 Å². The number of hydrogen-bond acceptors (Lipinski definition) is 5. The summed E-state index contributed by atoms with van der Waals surface area (Å²) in [5.41, 5.74) is 1.62. The minimum atomic E-state index is -4.85. The van der Waals surface area contributed by atoms with Crippen molar-refractivity contribution in [3.05, 3.63) is 70.7 Å². The van der Waals surface area contributed by atoms with Crippen LogP contribution in [0.1, 0.15) is 19.4 Å². The molecule has 2 heterocycles. The van der Waals surface area contributed by atoms with Crippen molar-refractivity contribution in [1.29, 1.82) is 0 Å². The molecule has 3 aromatic carbocycles. The molecule has 1 aromatic heterocycles. The summed E-state index contributed by atoms with van der Waals surface area (Å²) in [5.74, 6) is -0.443. The molecule has 40 heavy (non-hydrogen) atoms. The number of rotatable bonds is 7. The lowest BCUT2D eigenvalue weighted by atomic mass is 10.0. The normalized spacial score (nSPS) is 21.4. The van der Waals surface area contributed by atoms with Crippen LogP contribution in [0.25, 0.3) is 21.8 Å². The number of alkyl halides is 3. The number of ether oxygens (including phenoxy) is 2. The van der Waals surface area contributed by atoms with E-state index in [1.54, 1.807) is 12.1 Å². The SMILES string of the molecule is CCCN=S(=O)(N[C@H]1COC[C@@H](n2c3ccc(Cl)cc3c3cc(Cl)ccc32)[C@@H]1O)c1ccc(OC(F)(F)F)cc1. The lowest BCUT2D eigenvalue weighted by Gasteiger charge is -2.37. The Bertz CT molecular complexity index is 1590. The van der Waals surface area contributed by atoms with Crippen molar-refractivity contribution in [3.8, 4) is 5.75 Å². The van der Waals surface area contributed by atoms with E-state index in [1.807, 2.05) is 35.8 Å². The van der Waals surface area contributed by atoms with Crippen LogP contribution in [-0.2, 0) is 14.7 Å². The Hall–Kier alpha value is -2.54. The van der Waals surface area contributed by atoms with Gasteiger partial charge in [-0.2, -0.15) is 0 Å². The molecule has 5 rings (SSSR count). The van der Waals surface area contributed by atoms with Crippen LogP contribution in [-0.4, -0.2) is 52.1 Å². The molecule has 4 aromatic rings. The molecule has 214 valence electrons. The number of aromatic nitrogens is 1. The van der Waals surface area contributed by atoms with Gasteiger partial charge < -0.3 is 19.1 Å². The molecular weight excluding hydrogens is 590 g/mol. The zero-order chi connectivity index (χ0) is 28.7. The first kappa shape index (κ1) is 29.0. The molecule has 7 nitrogen and oxygen atoms in total. The molecule has 0 amide bonds. The van der Waals surface area contributed by atoms with Gasteiger partial charge in [-0.1, -0.05) is 30.1 Å². The predicted octanol–water partition coefficient (Wildman–Crippen LogP) is 6.74. The van der Waals surface area contributed by atoms with E-state index in [1.165, 1.54) is 12.1 Å². The summed E-state index contributed by atoms with van der Waals surface area (Å²) in [6.07, 6.45) is -5.33. The van der Waals surface area contributed by atoms with Gasteiger partial charge in [0.2, 0.25) is 0 Å². The first-order chi connectivity index (χ1) is 19.0. The molecule has 13 heteroatoms. The third-order valence-corrected chi connectivity index (χ3v) is 9.18. The Morgan fingerprint density at radius 2 is 1.65 bits per heavy atom. The van der Waals surface area contributed by atoms with Gasteiger partial charge >= 0.3 is 6.36 Å². The zero-order valence-electron chi connectivity index (χ0n) is 21.2. The molecule has 1 saturated heterocycles. The molecule has 2 N–H and O–H groups in total. The van der Waals surface area contributed by atoms with Crippen LogP contribution in [0.15, 0.2) is 69.9 Å². The van der Waals surface area contributed by atoms with E-state index in [0.29, 0.717) is 16.5 Å². The minimum absolute atomic E-state index is 0.0420. The third-order valence-electron chi connectivity index (χ3n) is 6.64. The van der Waals surface area contributed by atoms with Gasteiger partial charge in [0.15, 0.2) is 0 Å². The van der Waals surface area contributed by atoms with E-state index in [4.69, 9.17) is 27.9 Å². The second kappa shape index (κ2) is 11.4. The van der Waals surface area contributed by atoms with Gasteiger partial charge in [0, 0.05) is 38.4 Å². The van der Waals surface area contributed by atoms with E-state index in [2.05, 4.69) is 13.8 Å². The van der Waals surface area contributed by atoms with Crippen LogP contribution in [0.3, 0.4) is 0 Å². The predicted molar refractivity (Wildman–Crippen MR) is 149 cm³/mol. The van der Waals surface area contributed by atoms with Crippen LogP contribution in [0, 0.1) is 0 Å². The summed E-state index contributed by atoms with van der Waals surface area (Å²) in [5, 5.41) is 14.4. The zero-order valence-corrected chi connectivity index (χ0v) is 23.5. The van der Waals surface area contributed by atoms with E-state index in [9.17, 15) is 22.5 Å². The van der Waals surface area contributed by atoms with E-state index < -0.39 is 40.2 Å². The molecule has 1 fully saturated rings. The maximum absolute atomic E-state index is 14.1. The third kappa shape index (κ3) is 5.90. The Kier molecular flexibility index (Phi) is 8.24. The second-order valence-electron chi connectivity index (χ2n) is 9.41. The number of hydrogen-bond donors (Lipinski definition) is 2. The highest BCUT2D eigenvalue weighted by molar-refractivity contribution is 7.91. The average Bonchev–Trinajstić information content (AvgIpc) is 3.20. The highest BCUT2D eigenvalue weighted by Crippen LogP contribution is 2.37. The van der Waals surface area contributed by atoms with E-state index >= 15 is 0 Å². The fraction of sp³-hybridized carbons (Fsp3) is 0.333. The van der Waals surface area contributed by atoms with Crippen LogP contribution in [0.2, 0.25) is 10.0 Å². The maximum atomic E-state index is 14.1. The summed E-state index contributed by atoms with van der Waals surface area (Å²) in [7, 11) is -3.36. The van der Waals surface area contributed by atoms with Crippen molar-refractivity contribution in [1.82, 2.24) is 9.29 Å². The summed E-state index contributed by atoms with van der Waals surface area (Å²) >= 11 is 12.6. The average molecular weight is 616 g/mol. The van der Waals surface area contributed by atoms with E-state index in [0.717, 1.165) is 33.9 Å². The van der Waals surface area contributed by atoms with Gasteiger partial charge in [0.1, 0.15) is 15.7 Å². The van der Waals surface area contributed by atoms with Crippen molar-refractivity contribution in [2.24, 2.45) is 4.36 Å². The molecule has 0 spiro atoms. The van der Waals surface area contributed by atoms with Crippen molar-refractivity contribution < 1.29 is 32.0 Å². The van der Waals surface area contributed by atoms with Gasteiger partial charge in [-0.25, -0.2) is 13.3 Å². The molecular formula is C27H26Cl2F3N3O4S. The summed E-state index contributed by atoms with van der Waals surface area (Å²) in [4.78, 5) is 0.158. The molecule has 0 aliphatic carbocycles. The largest absolute Gasteiger partial charge is 0.573 e. The highest BCUT2D eigenvalue weighted by atomic mass is 35.5. The summed E-state index contributed by atoms with van der Waals surface area (Å²) < 4.78 is 71.0. The molecule has 0 radical (unpaired) electrons. The Labute approximate surface area is 239 Å². The van der Waals surface area contributed by atoms with Crippen LogP contribution >= 0.6 is 23.2 Å². The molecule has 0 bridgehead atoms. The van der Waals surface area contributed by atoms with Crippen LogP contribution < -0.4 is 9.46 Å². The summed E-state index contributed by atoms with van der Waals surface area (Å²) in [6.45, 7) is 2.31. The molecule has 1 unspecified atom stereocenters. The van der Waals surface area contributed by atoms with Gasteiger partial charge in [-0.05, 0) is 67.1 Å². The van der Waals surface area contributed by atoms with Gasteiger partial charge in [-0.15, -0.1) is 13.2 Å². The van der Waals surface area contributed by atoms with Crippen molar-refractivity contribution >= 4 is 54.9 Å². The van der Waals surface area contributed by atoms with Crippen LogP contribution in [0.4, 0.5) is 13.2 Å². The molecule has 1 aliphatic rings. The van der Waals surface area contributed by atoms with Crippen molar-refractivity contribution in [3.63, 3.8) is 0 Å². The maximum Gasteiger partial charge on any atom is 0.573 e. The molecule has 1 aliphatic heterocycles. The minimum Gasteiger partial charge on any atom is -0.406 e.